The average molecular weight is 364 g/mol. The number of aliphatic imine (C=N–C) groups is 1. The van der Waals surface area contributed by atoms with Gasteiger partial charge in [-0.25, -0.2) is 4.99 Å². The van der Waals surface area contributed by atoms with Crippen molar-refractivity contribution in [3.05, 3.63) is 0 Å². The van der Waals surface area contributed by atoms with Crippen LogP contribution in [0.3, 0.4) is 0 Å². The fourth-order valence-electron chi connectivity index (χ4n) is 3.08. The molecule has 0 saturated heterocycles. The van der Waals surface area contributed by atoms with Gasteiger partial charge in [-0.2, -0.15) is 13.2 Å². The number of carbonyl (C=O) groups excluding carboxylic acids is 1. The normalized spacial score (nSPS) is 21.8. The van der Waals surface area contributed by atoms with Crippen molar-refractivity contribution in [3.63, 3.8) is 0 Å². The maximum Gasteiger partial charge on any atom is 0.406 e. The minimum absolute atomic E-state index is 0.291. The van der Waals surface area contributed by atoms with E-state index in [1.54, 1.807) is 0 Å². The van der Waals surface area contributed by atoms with E-state index >= 15 is 0 Å². The third-order valence-electron chi connectivity index (χ3n) is 4.57. The quantitative estimate of drug-likeness (QED) is 0.582. The molecule has 0 bridgehead atoms. The first-order chi connectivity index (χ1) is 11.6. The Bertz CT molecular complexity index is 446. The molecular formula is C17H31F3N4O. The van der Waals surface area contributed by atoms with E-state index in [4.69, 9.17) is 0 Å². The highest BCUT2D eigenvalue weighted by molar-refractivity contribution is 5.84. The number of halogens is 3. The molecule has 5 nitrogen and oxygen atoms in total. The van der Waals surface area contributed by atoms with Crippen molar-refractivity contribution < 1.29 is 18.0 Å². The van der Waals surface area contributed by atoms with Crippen LogP contribution in [0.5, 0.6) is 0 Å². The molecule has 1 saturated carbocycles. The van der Waals surface area contributed by atoms with Crippen LogP contribution in [0.1, 0.15) is 39.5 Å². The Kier molecular flexibility index (Phi) is 8.52. The zero-order chi connectivity index (χ0) is 19.0. The molecule has 1 rings (SSSR count). The highest BCUT2D eigenvalue weighted by atomic mass is 19.4. The van der Waals surface area contributed by atoms with Gasteiger partial charge in [0, 0.05) is 27.2 Å². The van der Waals surface area contributed by atoms with Gasteiger partial charge in [-0.05, 0) is 31.6 Å². The monoisotopic (exact) mass is 364 g/mol. The lowest BCUT2D eigenvalue weighted by Gasteiger charge is -2.31. The Labute approximate surface area is 148 Å². The van der Waals surface area contributed by atoms with Crippen LogP contribution in [-0.2, 0) is 4.79 Å². The highest BCUT2D eigenvalue weighted by Crippen LogP contribution is 2.28. The third-order valence-corrected chi connectivity index (χ3v) is 4.57. The van der Waals surface area contributed by atoms with Crippen molar-refractivity contribution >= 4 is 11.9 Å². The van der Waals surface area contributed by atoms with E-state index in [-0.39, 0.29) is 6.54 Å². The summed E-state index contributed by atoms with van der Waals surface area (Å²) in [4.78, 5) is 18.7. The van der Waals surface area contributed by atoms with Gasteiger partial charge < -0.3 is 15.1 Å². The molecule has 0 aromatic carbocycles. The topological polar surface area (TPSA) is 47.9 Å². The molecule has 0 atom stereocenters. The summed E-state index contributed by atoms with van der Waals surface area (Å²) < 4.78 is 37.1. The maximum absolute atomic E-state index is 12.4. The molecule has 0 radical (unpaired) electrons. The molecule has 0 aliphatic heterocycles. The van der Waals surface area contributed by atoms with Gasteiger partial charge in [0.1, 0.15) is 13.1 Å². The second-order valence-corrected chi connectivity index (χ2v) is 7.04. The molecular weight excluding hydrogens is 333 g/mol. The van der Waals surface area contributed by atoms with Gasteiger partial charge in [-0.15, -0.1) is 0 Å². The number of guanidine groups is 1. The zero-order valence-corrected chi connectivity index (χ0v) is 15.7. The van der Waals surface area contributed by atoms with Gasteiger partial charge in [0.2, 0.25) is 5.91 Å². The lowest BCUT2D eigenvalue weighted by Crippen LogP contribution is -2.43. The molecule has 8 heteroatoms. The van der Waals surface area contributed by atoms with Crippen molar-refractivity contribution in [2.75, 3.05) is 40.3 Å². The Hall–Kier alpha value is -1.47. The number of carbonyl (C=O) groups is 1. The van der Waals surface area contributed by atoms with Crippen LogP contribution in [0.15, 0.2) is 4.99 Å². The first-order valence-corrected chi connectivity index (χ1v) is 8.92. The zero-order valence-electron chi connectivity index (χ0n) is 15.7. The van der Waals surface area contributed by atoms with Crippen LogP contribution in [0, 0.1) is 11.8 Å². The Balaban J connectivity index is 2.58. The summed E-state index contributed by atoms with van der Waals surface area (Å²) in [5.41, 5.74) is 0. The summed E-state index contributed by atoms with van der Waals surface area (Å²) in [5, 5.41) is 3.11. The molecule has 1 aliphatic rings. The van der Waals surface area contributed by atoms with Crippen LogP contribution < -0.4 is 5.32 Å². The second kappa shape index (κ2) is 9.87. The minimum atomic E-state index is -4.40. The fraction of sp³-hybridized carbons (Fsp3) is 0.882. The van der Waals surface area contributed by atoms with Crippen molar-refractivity contribution in [3.8, 4) is 0 Å². The fourth-order valence-corrected chi connectivity index (χ4v) is 3.08. The van der Waals surface area contributed by atoms with Crippen LogP contribution in [0.4, 0.5) is 13.2 Å². The summed E-state index contributed by atoms with van der Waals surface area (Å²) in [6.45, 7) is 4.12. The highest BCUT2D eigenvalue weighted by Gasteiger charge is 2.31. The molecule has 1 aliphatic carbocycles. The molecule has 0 unspecified atom stereocenters. The van der Waals surface area contributed by atoms with Crippen LogP contribution >= 0.6 is 0 Å². The molecule has 1 fully saturated rings. The number of hydrogen-bond donors (Lipinski definition) is 1. The van der Waals surface area contributed by atoms with Gasteiger partial charge in [0.15, 0.2) is 5.96 Å². The largest absolute Gasteiger partial charge is 0.406 e. The summed E-state index contributed by atoms with van der Waals surface area (Å²) in [5.74, 6) is 1.29. The molecule has 1 amide bonds. The van der Waals surface area contributed by atoms with Crippen LogP contribution in [-0.4, -0.2) is 68.1 Å². The predicted molar refractivity (Wildman–Crippen MR) is 93.4 cm³/mol. The summed E-state index contributed by atoms with van der Waals surface area (Å²) in [7, 11) is 3.05. The number of alkyl halides is 3. The summed E-state index contributed by atoms with van der Waals surface area (Å²) >= 11 is 0. The van der Waals surface area contributed by atoms with Gasteiger partial charge >= 0.3 is 6.18 Å². The van der Waals surface area contributed by atoms with Crippen LogP contribution in [0.2, 0.25) is 0 Å². The molecule has 146 valence electrons. The van der Waals surface area contributed by atoms with Gasteiger partial charge in [0.25, 0.3) is 0 Å². The van der Waals surface area contributed by atoms with Crippen LogP contribution in [0.25, 0.3) is 0 Å². The summed E-state index contributed by atoms with van der Waals surface area (Å²) in [6.07, 6.45) is 0.420. The number of nitrogens with zero attached hydrogens (tertiary/aromatic N) is 3. The minimum Gasteiger partial charge on any atom is -0.357 e. The predicted octanol–water partition coefficient (Wildman–Crippen LogP) is 2.73. The van der Waals surface area contributed by atoms with E-state index in [2.05, 4.69) is 17.2 Å². The first kappa shape index (κ1) is 21.6. The molecule has 0 spiro atoms. The SMILES string of the molecule is CCNC(=NCC(=O)N(C)CC(F)(F)F)N(C)CC1CCC(C)CC1. The third kappa shape index (κ3) is 8.45. The molecule has 0 aromatic heterocycles. The first-order valence-electron chi connectivity index (χ1n) is 8.92. The van der Waals surface area contributed by atoms with E-state index < -0.39 is 18.6 Å². The van der Waals surface area contributed by atoms with Crippen molar-refractivity contribution in [1.29, 1.82) is 0 Å². The second-order valence-electron chi connectivity index (χ2n) is 7.04. The smallest absolute Gasteiger partial charge is 0.357 e. The Morgan fingerprint density at radius 2 is 1.76 bits per heavy atom. The lowest BCUT2D eigenvalue weighted by atomic mass is 9.83. The number of nitrogens with one attached hydrogen (secondary N) is 1. The van der Waals surface area contributed by atoms with Crippen molar-refractivity contribution in [2.45, 2.75) is 45.7 Å². The average Bonchev–Trinajstić information content (AvgIpc) is 2.51. The Morgan fingerprint density at radius 3 is 2.28 bits per heavy atom. The van der Waals surface area contributed by atoms with Crippen molar-refractivity contribution in [2.24, 2.45) is 16.8 Å². The summed E-state index contributed by atoms with van der Waals surface area (Å²) in [6, 6.07) is 0. The molecule has 0 heterocycles. The maximum atomic E-state index is 12.4. The number of amides is 1. The van der Waals surface area contributed by atoms with E-state index in [1.165, 1.54) is 25.7 Å². The van der Waals surface area contributed by atoms with E-state index in [1.807, 2.05) is 18.9 Å². The number of rotatable bonds is 6. The van der Waals surface area contributed by atoms with Crippen molar-refractivity contribution in [1.82, 2.24) is 15.1 Å². The molecule has 0 aromatic rings. The number of likely N-dealkylation sites (N-methyl/N-ethyl adjacent to an activating group) is 1. The van der Waals surface area contributed by atoms with Gasteiger partial charge in [-0.1, -0.05) is 19.8 Å². The standard InChI is InChI=1S/C17H31F3N4O/c1-5-21-16(22-10-15(25)24(4)12-17(18,19)20)23(3)11-14-8-6-13(2)7-9-14/h13-14H,5-12H2,1-4H3,(H,21,22). The lowest BCUT2D eigenvalue weighted by molar-refractivity contribution is -0.157. The van der Waals surface area contributed by atoms with Gasteiger partial charge in [-0.3, -0.25) is 4.79 Å². The number of hydrogen-bond acceptors (Lipinski definition) is 2. The van der Waals surface area contributed by atoms with E-state index in [9.17, 15) is 18.0 Å². The molecule has 25 heavy (non-hydrogen) atoms. The van der Waals surface area contributed by atoms with Gasteiger partial charge in [0.05, 0.1) is 0 Å². The Morgan fingerprint density at radius 1 is 1.16 bits per heavy atom. The molecule has 1 N–H and O–H groups in total. The van der Waals surface area contributed by atoms with E-state index in [0.29, 0.717) is 23.3 Å². The van der Waals surface area contributed by atoms with E-state index in [0.717, 1.165) is 19.5 Å².